The first-order valence-corrected chi connectivity index (χ1v) is 7.58. The van der Waals surface area contributed by atoms with Crippen LogP contribution in [0.2, 0.25) is 0 Å². The number of nitrogens with zero attached hydrogens (tertiary/aromatic N) is 2. The molecule has 122 valence electrons. The normalized spacial score (nSPS) is 16.8. The molecule has 9 heteroatoms. The lowest BCUT2D eigenvalue weighted by atomic mass is 9.96. The smallest absolute Gasteiger partial charge is 0.366 e. The first-order chi connectivity index (χ1) is 10.3. The predicted octanol–water partition coefficient (Wildman–Crippen LogP) is 3.60. The highest BCUT2D eigenvalue weighted by atomic mass is 32.2. The molecule has 1 aromatic carbocycles. The number of nitro benzene ring substituents is 1. The zero-order valence-electron chi connectivity index (χ0n) is 11.9. The van der Waals surface area contributed by atoms with Crippen molar-refractivity contribution in [1.82, 2.24) is 4.72 Å². The van der Waals surface area contributed by atoms with E-state index in [-0.39, 0.29) is 31.6 Å². The molecule has 0 atom stereocenters. The molecule has 1 aliphatic rings. The molecule has 1 N–H and O–H groups in total. The maximum Gasteiger partial charge on any atom is 0.391 e. The Kier molecular flexibility index (Phi) is 5.17. The molecule has 22 heavy (non-hydrogen) atoms. The molecule has 0 saturated carbocycles. The fourth-order valence-electron chi connectivity index (χ4n) is 2.55. The Hall–Kier alpha value is -1.48. The van der Waals surface area contributed by atoms with Crippen LogP contribution in [0, 0.1) is 16.0 Å². The van der Waals surface area contributed by atoms with Gasteiger partial charge in [-0.15, -0.1) is 0 Å². The summed E-state index contributed by atoms with van der Waals surface area (Å²) < 4.78 is 40.9. The van der Waals surface area contributed by atoms with Crippen LogP contribution in [0.4, 0.5) is 24.5 Å². The van der Waals surface area contributed by atoms with Crippen molar-refractivity contribution in [2.24, 2.45) is 5.92 Å². The first kappa shape index (κ1) is 16.9. The second kappa shape index (κ2) is 6.74. The number of piperidine rings is 1. The van der Waals surface area contributed by atoms with Crippen LogP contribution in [0.15, 0.2) is 23.1 Å². The number of anilines is 1. The van der Waals surface area contributed by atoms with E-state index in [4.69, 9.17) is 0 Å². The van der Waals surface area contributed by atoms with Gasteiger partial charge in [0, 0.05) is 24.1 Å². The van der Waals surface area contributed by atoms with E-state index < -0.39 is 17.0 Å². The lowest BCUT2D eigenvalue weighted by molar-refractivity contribution is -0.384. The zero-order chi connectivity index (χ0) is 16.3. The van der Waals surface area contributed by atoms with Gasteiger partial charge in [0.1, 0.15) is 5.69 Å². The molecule has 1 heterocycles. The number of rotatable bonds is 4. The Bertz CT molecular complexity index is 546. The van der Waals surface area contributed by atoms with E-state index in [9.17, 15) is 23.3 Å². The topological polar surface area (TPSA) is 58.4 Å². The molecule has 0 amide bonds. The van der Waals surface area contributed by atoms with Crippen LogP contribution in [0.5, 0.6) is 0 Å². The Morgan fingerprint density at radius 1 is 1.36 bits per heavy atom. The summed E-state index contributed by atoms with van der Waals surface area (Å²) in [4.78, 5) is 13.1. The van der Waals surface area contributed by atoms with E-state index in [0.717, 1.165) is 0 Å². The minimum Gasteiger partial charge on any atom is -0.366 e. The van der Waals surface area contributed by atoms with Gasteiger partial charge in [-0.2, -0.15) is 13.2 Å². The van der Waals surface area contributed by atoms with Crippen molar-refractivity contribution >= 4 is 23.3 Å². The highest BCUT2D eigenvalue weighted by molar-refractivity contribution is 7.97. The van der Waals surface area contributed by atoms with Crippen molar-refractivity contribution in [3.05, 3.63) is 28.3 Å². The van der Waals surface area contributed by atoms with Crippen molar-refractivity contribution in [3.63, 3.8) is 0 Å². The number of halogens is 3. The zero-order valence-corrected chi connectivity index (χ0v) is 12.7. The minimum absolute atomic E-state index is 0.0341. The highest BCUT2D eigenvalue weighted by Gasteiger charge is 2.41. The molecule has 1 saturated heterocycles. The van der Waals surface area contributed by atoms with E-state index in [1.165, 1.54) is 18.0 Å². The average Bonchev–Trinajstić information content (AvgIpc) is 2.47. The SMILES string of the molecule is CNSc1ccc(N2CCC(C(F)(F)F)CC2)c([N+](=O)[O-])c1. The Morgan fingerprint density at radius 3 is 2.50 bits per heavy atom. The van der Waals surface area contributed by atoms with E-state index in [0.29, 0.717) is 10.6 Å². The van der Waals surface area contributed by atoms with Crippen LogP contribution < -0.4 is 9.62 Å². The predicted molar refractivity (Wildman–Crippen MR) is 79.0 cm³/mol. The third-order valence-electron chi connectivity index (χ3n) is 3.66. The van der Waals surface area contributed by atoms with Gasteiger partial charge in [-0.1, -0.05) is 0 Å². The van der Waals surface area contributed by atoms with Crippen molar-refractivity contribution in [2.45, 2.75) is 23.9 Å². The average molecular weight is 335 g/mol. The summed E-state index contributed by atoms with van der Waals surface area (Å²) in [6.07, 6.45) is -4.26. The number of hydrogen-bond donors (Lipinski definition) is 1. The maximum absolute atomic E-state index is 12.7. The minimum atomic E-state index is -4.19. The highest BCUT2D eigenvalue weighted by Crippen LogP contribution is 2.38. The van der Waals surface area contributed by atoms with Gasteiger partial charge in [-0.3, -0.25) is 14.8 Å². The number of nitro groups is 1. The molecule has 2 rings (SSSR count). The molecule has 5 nitrogen and oxygen atoms in total. The van der Waals surface area contributed by atoms with Crippen LogP contribution in [0.25, 0.3) is 0 Å². The molecule has 1 aromatic rings. The van der Waals surface area contributed by atoms with E-state index in [1.807, 2.05) is 0 Å². The third-order valence-corrected chi connectivity index (χ3v) is 4.36. The van der Waals surface area contributed by atoms with E-state index in [1.54, 1.807) is 24.1 Å². The van der Waals surface area contributed by atoms with Crippen molar-refractivity contribution in [2.75, 3.05) is 25.0 Å². The van der Waals surface area contributed by atoms with Gasteiger partial charge < -0.3 is 4.90 Å². The Morgan fingerprint density at radius 2 is 2.00 bits per heavy atom. The molecule has 0 unspecified atom stereocenters. The second-order valence-electron chi connectivity index (χ2n) is 5.02. The molecule has 1 fully saturated rings. The first-order valence-electron chi connectivity index (χ1n) is 6.76. The molecule has 1 aliphatic heterocycles. The van der Waals surface area contributed by atoms with Crippen molar-refractivity contribution in [3.8, 4) is 0 Å². The summed E-state index contributed by atoms with van der Waals surface area (Å²) in [6.45, 7) is 0.340. The third kappa shape index (κ3) is 3.83. The van der Waals surface area contributed by atoms with Crippen LogP contribution in [-0.4, -0.2) is 31.2 Å². The van der Waals surface area contributed by atoms with Gasteiger partial charge in [0.15, 0.2) is 0 Å². The molecule has 0 bridgehead atoms. The standard InChI is InChI=1S/C13H16F3N3O2S/c1-17-22-10-2-3-11(12(8-10)19(20)21)18-6-4-9(5-7-18)13(14,15)16/h2-3,8-9,17H,4-7H2,1H3. The Balaban J connectivity index is 2.17. The summed E-state index contributed by atoms with van der Waals surface area (Å²) in [5, 5.41) is 11.2. The number of hydrogen-bond acceptors (Lipinski definition) is 5. The number of benzene rings is 1. The maximum atomic E-state index is 12.7. The molecule has 0 spiro atoms. The van der Waals surface area contributed by atoms with Gasteiger partial charge in [0.2, 0.25) is 0 Å². The van der Waals surface area contributed by atoms with Crippen LogP contribution in [-0.2, 0) is 0 Å². The summed E-state index contributed by atoms with van der Waals surface area (Å²) >= 11 is 1.24. The van der Waals surface area contributed by atoms with Crippen molar-refractivity contribution < 1.29 is 18.1 Å². The van der Waals surface area contributed by atoms with E-state index >= 15 is 0 Å². The van der Waals surface area contributed by atoms with Crippen LogP contribution in [0.1, 0.15) is 12.8 Å². The van der Waals surface area contributed by atoms with Gasteiger partial charge in [-0.25, -0.2) is 0 Å². The molecule has 0 aliphatic carbocycles. The fourth-order valence-corrected chi connectivity index (χ4v) is 3.09. The lowest BCUT2D eigenvalue weighted by Gasteiger charge is -2.34. The summed E-state index contributed by atoms with van der Waals surface area (Å²) in [5.74, 6) is -1.32. The second-order valence-corrected chi connectivity index (χ2v) is 6.10. The Labute approximate surface area is 130 Å². The molecular weight excluding hydrogens is 319 g/mol. The van der Waals surface area contributed by atoms with Gasteiger partial charge in [0.05, 0.1) is 10.8 Å². The number of nitrogens with one attached hydrogen (secondary N) is 1. The summed E-state index contributed by atoms with van der Waals surface area (Å²) in [5.41, 5.74) is 0.303. The number of alkyl halides is 3. The van der Waals surface area contributed by atoms with Crippen LogP contribution >= 0.6 is 11.9 Å². The van der Waals surface area contributed by atoms with Crippen LogP contribution in [0.3, 0.4) is 0 Å². The van der Waals surface area contributed by atoms with Gasteiger partial charge in [-0.05, 0) is 44.0 Å². The fraction of sp³-hybridized carbons (Fsp3) is 0.538. The molecular formula is C13H16F3N3O2S. The largest absolute Gasteiger partial charge is 0.391 e. The summed E-state index contributed by atoms with van der Waals surface area (Å²) in [6, 6.07) is 4.76. The van der Waals surface area contributed by atoms with Gasteiger partial charge in [0.25, 0.3) is 5.69 Å². The summed E-state index contributed by atoms with van der Waals surface area (Å²) in [7, 11) is 1.70. The van der Waals surface area contributed by atoms with E-state index in [2.05, 4.69) is 4.72 Å². The molecule has 0 radical (unpaired) electrons. The monoisotopic (exact) mass is 335 g/mol. The molecule has 0 aromatic heterocycles. The van der Waals surface area contributed by atoms with Crippen molar-refractivity contribution in [1.29, 1.82) is 0 Å². The lowest BCUT2D eigenvalue weighted by Crippen LogP contribution is -2.39. The quantitative estimate of drug-likeness (QED) is 0.517. The van der Waals surface area contributed by atoms with Gasteiger partial charge >= 0.3 is 6.18 Å².